The first-order valence-electron chi connectivity index (χ1n) is 5.20. The highest BCUT2D eigenvalue weighted by molar-refractivity contribution is 5.78. The van der Waals surface area contributed by atoms with E-state index in [1.54, 1.807) is 19.9 Å². The Labute approximate surface area is 98.4 Å². The Hall–Kier alpha value is -2.01. The van der Waals surface area contributed by atoms with E-state index in [-0.39, 0.29) is 0 Å². The van der Waals surface area contributed by atoms with Gasteiger partial charge >= 0.3 is 6.03 Å². The maximum atomic E-state index is 11.0. The number of primary amides is 1. The van der Waals surface area contributed by atoms with Gasteiger partial charge in [0.1, 0.15) is 16.9 Å². The quantitative estimate of drug-likeness (QED) is 0.618. The molecule has 0 fully saturated rings. The van der Waals surface area contributed by atoms with E-state index in [1.807, 2.05) is 24.3 Å². The lowest BCUT2D eigenvalue weighted by Crippen LogP contribution is -2.45. The van der Waals surface area contributed by atoms with Crippen LogP contribution in [-0.2, 0) is 5.54 Å². The molecule has 0 radical (unpaired) electrons. The summed E-state index contributed by atoms with van der Waals surface area (Å²) in [6, 6.07) is 8.31. The van der Waals surface area contributed by atoms with Crippen molar-refractivity contribution in [1.82, 2.24) is 5.06 Å². The summed E-state index contributed by atoms with van der Waals surface area (Å²) in [6.45, 7) is 3.30. The highest BCUT2D eigenvalue weighted by atomic mass is 16.5. The van der Waals surface area contributed by atoms with Crippen LogP contribution in [0.3, 0.4) is 0 Å². The fraction of sp³-hybridized carbons (Fsp3) is 0.250. The molecule has 0 spiro atoms. The van der Waals surface area contributed by atoms with Crippen molar-refractivity contribution < 1.29 is 14.4 Å². The monoisotopic (exact) mass is 234 g/mol. The molecule has 0 aliphatic heterocycles. The molecule has 90 valence electrons. The number of benzene rings is 1. The van der Waals surface area contributed by atoms with Gasteiger partial charge < -0.3 is 10.2 Å². The van der Waals surface area contributed by atoms with Crippen LogP contribution in [0.25, 0.3) is 11.0 Å². The third kappa shape index (κ3) is 1.85. The van der Waals surface area contributed by atoms with Crippen LogP contribution in [0.5, 0.6) is 0 Å². The van der Waals surface area contributed by atoms with E-state index < -0.39 is 11.6 Å². The SMILES string of the molecule is CC(C)(c1cc2ccccc2o1)N(O)C(N)=O. The molecule has 2 amide bonds. The number of furan rings is 1. The van der Waals surface area contributed by atoms with E-state index in [9.17, 15) is 10.0 Å². The van der Waals surface area contributed by atoms with Crippen molar-refractivity contribution in [3.05, 3.63) is 36.1 Å². The molecule has 0 bridgehead atoms. The Balaban J connectivity index is 2.48. The van der Waals surface area contributed by atoms with Crippen molar-refractivity contribution >= 4 is 17.0 Å². The van der Waals surface area contributed by atoms with Gasteiger partial charge in [-0.25, -0.2) is 4.79 Å². The number of hydrogen-bond acceptors (Lipinski definition) is 3. The number of hydroxylamine groups is 2. The first-order chi connectivity index (χ1) is 7.93. The van der Waals surface area contributed by atoms with Gasteiger partial charge in [-0.3, -0.25) is 5.21 Å². The second kappa shape index (κ2) is 3.78. The van der Waals surface area contributed by atoms with E-state index >= 15 is 0 Å². The minimum atomic E-state index is -1.01. The molecule has 1 aromatic heterocycles. The number of nitrogens with zero attached hydrogens (tertiary/aromatic N) is 1. The van der Waals surface area contributed by atoms with Crippen molar-refractivity contribution in [1.29, 1.82) is 0 Å². The third-order valence-electron chi connectivity index (χ3n) is 2.77. The van der Waals surface area contributed by atoms with Crippen molar-refractivity contribution in [2.75, 3.05) is 0 Å². The van der Waals surface area contributed by atoms with Gasteiger partial charge in [-0.1, -0.05) is 18.2 Å². The molecular formula is C12H14N2O3. The number of carbonyl (C=O) groups is 1. The molecule has 1 aromatic carbocycles. The zero-order valence-corrected chi connectivity index (χ0v) is 9.68. The zero-order chi connectivity index (χ0) is 12.6. The molecule has 0 unspecified atom stereocenters. The van der Waals surface area contributed by atoms with Gasteiger partial charge in [0.05, 0.1) is 0 Å². The summed E-state index contributed by atoms with van der Waals surface area (Å²) < 4.78 is 5.59. The van der Waals surface area contributed by atoms with E-state index in [0.717, 1.165) is 5.39 Å². The third-order valence-corrected chi connectivity index (χ3v) is 2.77. The number of fused-ring (bicyclic) bond motifs is 1. The number of carbonyl (C=O) groups excluding carboxylic acids is 1. The normalized spacial score (nSPS) is 11.7. The van der Waals surface area contributed by atoms with Crippen LogP contribution in [0.15, 0.2) is 34.7 Å². The van der Waals surface area contributed by atoms with Crippen LogP contribution in [0.2, 0.25) is 0 Å². The van der Waals surface area contributed by atoms with Crippen LogP contribution in [-0.4, -0.2) is 16.3 Å². The van der Waals surface area contributed by atoms with Crippen molar-refractivity contribution in [2.45, 2.75) is 19.4 Å². The maximum absolute atomic E-state index is 11.0. The van der Waals surface area contributed by atoms with Gasteiger partial charge in [0.15, 0.2) is 0 Å². The summed E-state index contributed by atoms with van der Waals surface area (Å²) in [5.41, 5.74) is 4.74. The minimum Gasteiger partial charge on any atom is -0.458 e. The topological polar surface area (TPSA) is 79.7 Å². The smallest absolute Gasteiger partial charge is 0.339 e. The number of rotatable bonds is 2. The standard InChI is InChI=1S/C12H14N2O3/c1-12(2,14(16)11(13)15)10-7-8-5-3-4-6-9(8)17-10/h3-7,16H,1-2H3,(H2,13,15). The second-order valence-corrected chi connectivity index (χ2v) is 4.36. The van der Waals surface area contributed by atoms with Crippen molar-refractivity contribution in [2.24, 2.45) is 5.73 Å². The predicted molar refractivity (Wildman–Crippen MR) is 62.4 cm³/mol. The molecule has 2 rings (SSSR count). The highest BCUT2D eigenvalue weighted by Gasteiger charge is 2.34. The minimum absolute atomic E-state index is 0.463. The maximum Gasteiger partial charge on any atom is 0.339 e. The molecule has 5 nitrogen and oxygen atoms in total. The van der Waals surface area contributed by atoms with Gasteiger partial charge in [-0.2, -0.15) is 5.06 Å². The van der Waals surface area contributed by atoms with Crippen molar-refractivity contribution in [3.8, 4) is 0 Å². The Kier molecular flexibility index (Phi) is 2.55. The number of hydrogen-bond donors (Lipinski definition) is 2. The van der Waals surface area contributed by atoms with Crippen LogP contribution >= 0.6 is 0 Å². The Morgan fingerprint density at radius 2 is 2.06 bits per heavy atom. The molecule has 0 aliphatic carbocycles. The molecule has 0 atom stereocenters. The Morgan fingerprint density at radius 3 is 2.65 bits per heavy atom. The summed E-state index contributed by atoms with van der Waals surface area (Å²) in [7, 11) is 0. The Morgan fingerprint density at radius 1 is 1.41 bits per heavy atom. The number of para-hydroxylation sites is 1. The molecule has 3 N–H and O–H groups in total. The average molecular weight is 234 g/mol. The van der Waals surface area contributed by atoms with Crippen LogP contribution in [0, 0.1) is 0 Å². The largest absolute Gasteiger partial charge is 0.458 e. The molecule has 0 aliphatic rings. The van der Waals surface area contributed by atoms with Gasteiger partial charge in [-0.15, -0.1) is 0 Å². The molecule has 1 heterocycles. The van der Waals surface area contributed by atoms with Gasteiger partial charge in [0.2, 0.25) is 0 Å². The lowest BCUT2D eigenvalue weighted by molar-refractivity contribution is -0.120. The van der Waals surface area contributed by atoms with Crippen molar-refractivity contribution in [3.63, 3.8) is 0 Å². The van der Waals surface area contributed by atoms with E-state index in [1.165, 1.54) is 0 Å². The van der Waals surface area contributed by atoms with E-state index in [0.29, 0.717) is 16.4 Å². The average Bonchev–Trinajstić information content (AvgIpc) is 2.71. The molecule has 2 aromatic rings. The Bertz CT molecular complexity index is 527. The lowest BCUT2D eigenvalue weighted by atomic mass is 10.0. The summed E-state index contributed by atoms with van der Waals surface area (Å²) in [5.74, 6) is 0.472. The molecule has 0 saturated carbocycles. The fourth-order valence-electron chi connectivity index (χ4n) is 1.66. The van der Waals surface area contributed by atoms with E-state index in [2.05, 4.69) is 0 Å². The summed E-state index contributed by atoms with van der Waals surface area (Å²) in [6.07, 6.45) is 0. The molecule has 5 heteroatoms. The van der Waals surface area contributed by atoms with E-state index in [4.69, 9.17) is 10.2 Å². The first-order valence-corrected chi connectivity index (χ1v) is 5.20. The number of amides is 2. The fourth-order valence-corrected chi connectivity index (χ4v) is 1.66. The van der Waals surface area contributed by atoms with Gasteiger partial charge in [0.25, 0.3) is 0 Å². The van der Waals surface area contributed by atoms with Gasteiger partial charge in [-0.05, 0) is 26.0 Å². The number of nitrogens with two attached hydrogens (primary N) is 1. The molecule has 17 heavy (non-hydrogen) atoms. The van der Waals surface area contributed by atoms with Gasteiger partial charge in [0, 0.05) is 5.39 Å². The second-order valence-electron chi connectivity index (χ2n) is 4.36. The first kappa shape index (κ1) is 11.5. The summed E-state index contributed by atoms with van der Waals surface area (Å²) >= 11 is 0. The molecular weight excluding hydrogens is 220 g/mol. The molecule has 0 saturated heterocycles. The van der Waals surface area contributed by atoms with Crippen LogP contribution < -0.4 is 5.73 Å². The van der Waals surface area contributed by atoms with Crippen LogP contribution in [0.1, 0.15) is 19.6 Å². The van der Waals surface area contributed by atoms with Crippen LogP contribution in [0.4, 0.5) is 4.79 Å². The predicted octanol–water partition coefficient (Wildman–Crippen LogP) is 2.44. The zero-order valence-electron chi connectivity index (χ0n) is 9.68. The summed E-state index contributed by atoms with van der Waals surface area (Å²) in [4.78, 5) is 11.0. The highest BCUT2D eigenvalue weighted by Crippen LogP contribution is 2.31. The summed E-state index contributed by atoms with van der Waals surface area (Å²) in [5, 5.41) is 11.0. The number of urea groups is 1. The lowest BCUT2D eigenvalue weighted by Gasteiger charge is -2.29.